The lowest BCUT2D eigenvalue weighted by Gasteiger charge is -2.21. The highest BCUT2D eigenvalue weighted by Gasteiger charge is 2.18. The number of aromatic nitrogens is 2. The van der Waals surface area contributed by atoms with Crippen molar-refractivity contribution >= 4 is 5.84 Å². The number of aryl methyl sites for hydroxylation is 1. The Bertz CT molecular complexity index is 678. The third kappa shape index (κ3) is 2.90. The Morgan fingerprint density at radius 2 is 2.00 bits per heavy atom. The smallest absolute Gasteiger partial charge is 0.185 e. The van der Waals surface area contributed by atoms with E-state index in [9.17, 15) is 0 Å². The average Bonchev–Trinajstić information content (AvgIpc) is 3.01. The van der Waals surface area contributed by atoms with Crippen LogP contribution in [-0.2, 0) is 4.84 Å². The van der Waals surface area contributed by atoms with E-state index < -0.39 is 0 Å². The number of imidazole rings is 1. The molecule has 0 saturated carbocycles. The van der Waals surface area contributed by atoms with Crippen LogP contribution >= 0.6 is 0 Å². The highest BCUT2D eigenvalue weighted by molar-refractivity contribution is 6.01. The van der Waals surface area contributed by atoms with Crippen LogP contribution in [0.25, 0.3) is 0 Å². The maximum absolute atomic E-state index is 5.67. The standard InChI is InChI=1S/C16H19N3O3/c1-11(2)22-18-16(19-5-4-17-10-19)13-9-15-14(8-12(13)3)20-6-7-21-15/h4-5,8-11H,6-7H2,1-3H3/b18-16-. The summed E-state index contributed by atoms with van der Waals surface area (Å²) in [6, 6.07) is 3.90. The van der Waals surface area contributed by atoms with Crippen LogP contribution < -0.4 is 9.47 Å². The SMILES string of the molecule is Cc1cc2c(cc1/C(=N/OC(C)C)n1ccnc1)OCCO2. The molecule has 1 aliphatic heterocycles. The zero-order valence-electron chi connectivity index (χ0n) is 12.9. The summed E-state index contributed by atoms with van der Waals surface area (Å²) in [6.07, 6.45) is 5.23. The lowest BCUT2D eigenvalue weighted by atomic mass is 10.1. The first-order valence-corrected chi connectivity index (χ1v) is 7.28. The van der Waals surface area contributed by atoms with Crippen molar-refractivity contribution in [2.24, 2.45) is 5.16 Å². The van der Waals surface area contributed by atoms with Gasteiger partial charge in [0.1, 0.15) is 25.6 Å². The second-order valence-corrected chi connectivity index (χ2v) is 5.35. The summed E-state index contributed by atoms with van der Waals surface area (Å²) in [4.78, 5) is 9.53. The van der Waals surface area contributed by atoms with E-state index in [1.807, 2.05) is 43.7 Å². The summed E-state index contributed by atoms with van der Waals surface area (Å²) in [5.41, 5.74) is 1.95. The third-order valence-electron chi connectivity index (χ3n) is 3.23. The maximum atomic E-state index is 5.67. The zero-order valence-corrected chi connectivity index (χ0v) is 12.9. The van der Waals surface area contributed by atoms with Crippen LogP contribution in [0.5, 0.6) is 11.5 Å². The van der Waals surface area contributed by atoms with Crippen molar-refractivity contribution in [2.75, 3.05) is 13.2 Å². The minimum absolute atomic E-state index is 0.00367. The Morgan fingerprint density at radius 1 is 1.27 bits per heavy atom. The van der Waals surface area contributed by atoms with E-state index in [1.54, 1.807) is 12.5 Å². The summed E-state index contributed by atoms with van der Waals surface area (Å²) in [5.74, 6) is 2.16. The van der Waals surface area contributed by atoms with Crippen LogP contribution in [0.15, 0.2) is 36.0 Å². The Labute approximate surface area is 129 Å². The number of benzene rings is 1. The van der Waals surface area contributed by atoms with Crippen molar-refractivity contribution < 1.29 is 14.3 Å². The molecule has 2 heterocycles. The molecule has 1 aromatic heterocycles. The molecule has 0 spiro atoms. The van der Waals surface area contributed by atoms with Gasteiger partial charge in [0.25, 0.3) is 0 Å². The molecule has 116 valence electrons. The molecule has 3 rings (SSSR count). The van der Waals surface area contributed by atoms with Gasteiger partial charge in [-0.15, -0.1) is 0 Å². The van der Waals surface area contributed by atoms with Crippen LogP contribution in [0.1, 0.15) is 25.0 Å². The van der Waals surface area contributed by atoms with Crippen molar-refractivity contribution in [3.63, 3.8) is 0 Å². The van der Waals surface area contributed by atoms with Gasteiger partial charge in [-0.25, -0.2) is 4.98 Å². The topological polar surface area (TPSA) is 57.9 Å². The van der Waals surface area contributed by atoms with Gasteiger partial charge in [0.15, 0.2) is 17.3 Å². The lowest BCUT2D eigenvalue weighted by Crippen LogP contribution is -2.19. The van der Waals surface area contributed by atoms with Crippen LogP contribution in [0, 0.1) is 6.92 Å². The number of oxime groups is 1. The number of rotatable bonds is 3. The molecule has 0 unspecified atom stereocenters. The molecule has 6 nitrogen and oxygen atoms in total. The van der Waals surface area contributed by atoms with Gasteiger partial charge in [-0.1, -0.05) is 5.16 Å². The summed E-state index contributed by atoms with van der Waals surface area (Å²) in [7, 11) is 0. The third-order valence-corrected chi connectivity index (χ3v) is 3.23. The van der Waals surface area contributed by atoms with Crippen LogP contribution in [-0.4, -0.2) is 34.7 Å². The second-order valence-electron chi connectivity index (χ2n) is 5.35. The van der Waals surface area contributed by atoms with Crippen LogP contribution in [0.4, 0.5) is 0 Å². The molecule has 0 fully saturated rings. The minimum Gasteiger partial charge on any atom is -0.486 e. The minimum atomic E-state index is -0.00367. The Balaban J connectivity index is 2.06. The van der Waals surface area contributed by atoms with Gasteiger partial charge in [0.2, 0.25) is 0 Å². The fourth-order valence-electron chi connectivity index (χ4n) is 2.21. The summed E-state index contributed by atoms with van der Waals surface area (Å²) >= 11 is 0. The molecular formula is C16H19N3O3. The fourth-order valence-corrected chi connectivity index (χ4v) is 2.21. The Hall–Kier alpha value is -2.50. The maximum Gasteiger partial charge on any atom is 0.185 e. The quantitative estimate of drug-likeness (QED) is 0.497. The monoisotopic (exact) mass is 301 g/mol. The van der Waals surface area contributed by atoms with Crippen molar-refractivity contribution in [1.29, 1.82) is 0 Å². The number of fused-ring (bicyclic) bond motifs is 1. The van der Waals surface area contributed by atoms with Gasteiger partial charge >= 0.3 is 0 Å². The van der Waals surface area contributed by atoms with Gasteiger partial charge in [-0.05, 0) is 38.5 Å². The fraction of sp³-hybridized carbons (Fsp3) is 0.375. The number of ether oxygens (including phenoxy) is 2. The van der Waals surface area contributed by atoms with Crippen molar-refractivity contribution in [1.82, 2.24) is 9.55 Å². The molecule has 1 aliphatic rings. The van der Waals surface area contributed by atoms with Crippen LogP contribution in [0.3, 0.4) is 0 Å². The van der Waals surface area contributed by atoms with Crippen molar-refractivity contribution in [3.05, 3.63) is 42.0 Å². The van der Waals surface area contributed by atoms with Gasteiger partial charge in [0, 0.05) is 18.0 Å². The molecule has 0 saturated heterocycles. The predicted molar refractivity (Wildman–Crippen MR) is 82.6 cm³/mol. The molecule has 22 heavy (non-hydrogen) atoms. The molecule has 0 bridgehead atoms. The predicted octanol–water partition coefficient (Wildman–Crippen LogP) is 2.60. The molecule has 0 amide bonds. The zero-order chi connectivity index (χ0) is 15.5. The first kappa shape index (κ1) is 14.4. The van der Waals surface area contributed by atoms with Gasteiger partial charge in [-0.3, -0.25) is 4.57 Å². The van der Waals surface area contributed by atoms with Crippen LogP contribution in [0.2, 0.25) is 0 Å². The number of hydrogen-bond acceptors (Lipinski definition) is 5. The molecule has 1 aromatic carbocycles. The summed E-state index contributed by atoms with van der Waals surface area (Å²) < 4.78 is 13.1. The number of nitrogens with zero attached hydrogens (tertiary/aromatic N) is 3. The van der Waals surface area contributed by atoms with Gasteiger partial charge < -0.3 is 14.3 Å². The van der Waals surface area contributed by atoms with E-state index in [4.69, 9.17) is 14.3 Å². The molecular weight excluding hydrogens is 282 g/mol. The Morgan fingerprint density at radius 3 is 2.64 bits per heavy atom. The second kappa shape index (κ2) is 6.09. The van der Waals surface area contributed by atoms with E-state index in [0.717, 1.165) is 22.6 Å². The molecule has 0 atom stereocenters. The number of hydrogen-bond donors (Lipinski definition) is 0. The molecule has 2 aromatic rings. The average molecular weight is 301 g/mol. The first-order chi connectivity index (χ1) is 10.6. The molecule has 6 heteroatoms. The molecule has 0 radical (unpaired) electrons. The van der Waals surface area contributed by atoms with Crippen molar-refractivity contribution in [3.8, 4) is 11.5 Å². The molecule has 0 N–H and O–H groups in total. The van der Waals surface area contributed by atoms with E-state index >= 15 is 0 Å². The van der Waals surface area contributed by atoms with E-state index in [0.29, 0.717) is 19.0 Å². The molecule has 0 aliphatic carbocycles. The van der Waals surface area contributed by atoms with Gasteiger partial charge in [-0.2, -0.15) is 0 Å². The van der Waals surface area contributed by atoms with Crippen molar-refractivity contribution in [2.45, 2.75) is 26.9 Å². The van der Waals surface area contributed by atoms with E-state index in [2.05, 4.69) is 10.1 Å². The lowest BCUT2D eigenvalue weighted by molar-refractivity contribution is 0.0853. The summed E-state index contributed by atoms with van der Waals surface area (Å²) in [5, 5.41) is 4.29. The van der Waals surface area contributed by atoms with E-state index in [1.165, 1.54) is 0 Å². The van der Waals surface area contributed by atoms with E-state index in [-0.39, 0.29) is 6.10 Å². The normalized spacial score (nSPS) is 14.3. The largest absolute Gasteiger partial charge is 0.486 e. The first-order valence-electron chi connectivity index (χ1n) is 7.28. The Kier molecular flexibility index (Phi) is 4.00. The highest BCUT2D eigenvalue weighted by atomic mass is 16.6. The highest BCUT2D eigenvalue weighted by Crippen LogP contribution is 2.33. The van der Waals surface area contributed by atoms with Gasteiger partial charge in [0.05, 0.1) is 0 Å². The summed E-state index contributed by atoms with van der Waals surface area (Å²) in [6.45, 7) is 7.01.